The molecule has 124 valence electrons. The van der Waals surface area contributed by atoms with Gasteiger partial charge in [-0.1, -0.05) is 12.7 Å². The van der Waals surface area contributed by atoms with E-state index in [9.17, 15) is 4.79 Å². The smallest absolute Gasteiger partial charge is 0.308 e. The lowest BCUT2D eigenvalue weighted by Gasteiger charge is -2.36. The fourth-order valence-electron chi connectivity index (χ4n) is 2.84. The maximum absolute atomic E-state index is 11.0. The molecule has 0 unspecified atom stereocenters. The van der Waals surface area contributed by atoms with Crippen LogP contribution in [0.25, 0.3) is 0 Å². The molecule has 5 heteroatoms. The highest BCUT2D eigenvalue weighted by Gasteiger charge is 2.37. The number of ether oxygens (including phenoxy) is 1. The predicted octanol–water partition coefficient (Wildman–Crippen LogP) is 3.61. The van der Waals surface area contributed by atoms with Crippen LogP contribution in [0.5, 0.6) is 0 Å². The van der Waals surface area contributed by atoms with Gasteiger partial charge in [0.15, 0.2) is 0 Å². The van der Waals surface area contributed by atoms with Gasteiger partial charge in [0, 0.05) is 6.42 Å². The molecule has 2 heterocycles. The summed E-state index contributed by atoms with van der Waals surface area (Å²) >= 11 is 0. The lowest BCUT2D eigenvalue weighted by molar-refractivity contribution is -0.409. The Morgan fingerprint density at radius 2 is 2.23 bits per heavy atom. The average molecular weight is 310 g/mol. The molecular formula is C17H26O5. The van der Waals surface area contributed by atoms with E-state index in [1.165, 1.54) is 0 Å². The minimum absolute atomic E-state index is 0.274. The highest BCUT2D eigenvalue weighted by atomic mass is 17.2. The van der Waals surface area contributed by atoms with E-state index < -0.39 is 17.5 Å². The maximum Gasteiger partial charge on any atom is 0.308 e. The molecule has 22 heavy (non-hydrogen) atoms. The van der Waals surface area contributed by atoms with Crippen LogP contribution in [0, 0.1) is 5.92 Å². The number of rotatable bonds is 5. The van der Waals surface area contributed by atoms with Crippen molar-refractivity contribution in [1.29, 1.82) is 0 Å². The van der Waals surface area contributed by atoms with Gasteiger partial charge in [-0.05, 0) is 52.5 Å². The number of aliphatic carboxylic acids is 1. The molecule has 1 N–H and O–H groups in total. The van der Waals surface area contributed by atoms with Crippen LogP contribution < -0.4 is 0 Å². The SMILES string of the molecule is C=C1CC[C@@](C)(/C=C/C[C@]2(C)CC[C@H]([C@@H](C)C(=O)O)OO2)O1. The zero-order chi connectivity index (χ0) is 16.4. The van der Waals surface area contributed by atoms with Crippen LogP contribution in [0.15, 0.2) is 24.5 Å². The molecule has 2 rings (SSSR count). The number of allylic oxidation sites excluding steroid dienone is 1. The Kier molecular flexibility index (Phi) is 4.97. The first-order valence-corrected chi connectivity index (χ1v) is 7.85. The first-order chi connectivity index (χ1) is 10.2. The Bertz CT molecular complexity index is 462. The molecule has 2 aliphatic rings. The molecule has 0 saturated carbocycles. The molecule has 0 amide bonds. The van der Waals surface area contributed by atoms with Crippen LogP contribution >= 0.6 is 0 Å². The summed E-state index contributed by atoms with van der Waals surface area (Å²) in [6.45, 7) is 9.52. The molecular weight excluding hydrogens is 284 g/mol. The molecule has 4 atom stereocenters. The molecule has 0 bridgehead atoms. The number of hydrogen-bond donors (Lipinski definition) is 1. The zero-order valence-corrected chi connectivity index (χ0v) is 13.6. The highest BCUT2D eigenvalue weighted by molar-refractivity contribution is 5.70. The van der Waals surface area contributed by atoms with Crippen molar-refractivity contribution in [2.24, 2.45) is 5.92 Å². The maximum atomic E-state index is 11.0. The summed E-state index contributed by atoms with van der Waals surface area (Å²) in [6, 6.07) is 0. The third-order valence-electron chi connectivity index (χ3n) is 4.58. The number of hydrogen-bond acceptors (Lipinski definition) is 4. The molecule has 0 aromatic heterocycles. The van der Waals surface area contributed by atoms with E-state index in [-0.39, 0.29) is 11.7 Å². The molecule has 0 aromatic carbocycles. The predicted molar refractivity (Wildman–Crippen MR) is 82.0 cm³/mol. The normalized spacial score (nSPS) is 37.2. The van der Waals surface area contributed by atoms with Crippen LogP contribution in [0.2, 0.25) is 0 Å². The fourth-order valence-corrected chi connectivity index (χ4v) is 2.84. The molecule has 0 spiro atoms. The Morgan fingerprint density at radius 3 is 2.73 bits per heavy atom. The second-order valence-electron chi connectivity index (χ2n) is 6.89. The third kappa shape index (κ3) is 4.11. The number of carbonyl (C=O) groups is 1. The minimum atomic E-state index is -0.858. The summed E-state index contributed by atoms with van der Waals surface area (Å²) in [5, 5.41) is 9.01. The molecule has 0 aromatic rings. The van der Waals surface area contributed by atoms with E-state index >= 15 is 0 Å². The molecule has 0 radical (unpaired) electrons. The van der Waals surface area contributed by atoms with Gasteiger partial charge < -0.3 is 9.84 Å². The van der Waals surface area contributed by atoms with Crippen LogP contribution in [0.3, 0.4) is 0 Å². The van der Waals surface area contributed by atoms with E-state index in [2.05, 4.69) is 18.7 Å². The standard InChI is InChI=1S/C17H26O5/c1-12-6-10-16(3,20-12)8-5-9-17(4)11-7-14(21-22-17)13(2)15(18)19/h5,8,13-14H,1,6-7,9-11H2,2-4H3,(H,18,19)/b8-5+/t13-,14-,16-,17-/m1/s1. The van der Waals surface area contributed by atoms with E-state index in [0.717, 1.165) is 25.0 Å². The summed E-state index contributed by atoms with van der Waals surface area (Å²) in [5.41, 5.74) is -0.694. The van der Waals surface area contributed by atoms with Crippen molar-refractivity contribution >= 4 is 5.97 Å². The van der Waals surface area contributed by atoms with Gasteiger partial charge in [-0.15, -0.1) is 0 Å². The zero-order valence-electron chi connectivity index (χ0n) is 13.6. The molecule has 2 saturated heterocycles. The van der Waals surface area contributed by atoms with E-state index in [1.807, 2.05) is 13.8 Å². The first kappa shape index (κ1) is 17.0. The monoisotopic (exact) mass is 310 g/mol. The molecule has 2 fully saturated rings. The largest absolute Gasteiger partial charge is 0.488 e. The summed E-state index contributed by atoms with van der Waals surface area (Å²) in [5.74, 6) is -0.582. The van der Waals surface area contributed by atoms with Crippen LogP contribution in [-0.4, -0.2) is 28.4 Å². The van der Waals surface area contributed by atoms with Crippen molar-refractivity contribution < 1.29 is 24.4 Å². The number of carboxylic acid groups (broad SMARTS) is 1. The van der Waals surface area contributed by atoms with Crippen molar-refractivity contribution in [3.8, 4) is 0 Å². The Balaban J connectivity index is 1.84. The highest BCUT2D eigenvalue weighted by Crippen LogP contribution is 2.35. The first-order valence-electron chi connectivity index (χ1n) is 7.85. The molecule has 0 aliphatic carbocycles. The quantitative estimate of drug-likeness (QED) is 0.621. The lowest BCUT2D eigenvalue weighted by Crippen LogP contribution is -2.41. The van der Waals surface area contributed by atoms with E-state index in [4.69, 9.17) is 19.6 Å². The third-order valence-corrected chi connectivity index (χ3v) is 4.58. The van der Waals surface area contributed by atoms with Gasteiger partial charge in [0.1, 0.15) is 17.3 Å². The van der Waals surface area contributed by atoms with Crippen molar-refractivity contribution in [2.45, 2.75) is 70.2 Å². The van der Waals surface area contributed by atoms with Gasteiger partial charge >= 0.3 is 5.97 Å². The second kappa shape index (κ2) is 6.42. The van der Waals surface area contributed by atoms with Gasteiger partial charge in [0.25, 0.3) is 0 Å². The second-order valence-corrected chi connectivity index (χ2v) is 6.89. The molecule has 5 nitrogen and oxygen atoms in total. The molecule has 2 aliphatic heterocycles. The minimum Gasteiger partial charge on any atom is -0.488 e. The summed E-state index contributed by atoms with van der Waals surface area (Å²) in [7, 11) is 0. The van der Waals surface area contributed by atoms with Gasteiger partial charge in [-0.3, -0.25) is 4.79 Å². The van der Waals surface area contributed by atoms with Gasteiger partial charge in [0.05, 0.1) is 11.7 Å². The summed E-state index contributed by atoms with van der Waals surface area (Å²) < 4.78 is 5.73. The van der Waals surface area contributed by atoms with Crippen molar-refractivity contribution in [2.75, 3.05) is 0 Å². The number of carboxylic acids is 1. The van der Waals surface area contributed by atoms with Crippen LogP contribution in [-0.2, 0) is 19.3 Å². The Morgan fingerprint density at radius 1 is 1.50 bits per heavy atom. The van der Waals surface area contributed by atoms with Gasteiger partial charge in [0.2, 0.25) is 0 Å². The van der Waals surface area contributed by atoms with Crippen molar-refractivity contribution in [1.82, 2.24) is 0 Å². The van der Waals surface area contributed by atoms with Crippen molar-refractivity contribution in [3.63, 3.8) is 0 Å². The van der Waals surface area contributed by atoms with Gasteiger partial charge in [-0.2, -0.15) is 0 Å². The summed E-state index contributed by atoms with van der Waals surface area (Å²) in [4.78, 5) is 21.8. The average Bonchev–Trinajstić information content (AvgIpc) is 2.78. The van der Waals surface area contributed by atoms with Crippen LogP contribution in [0.4, 0.5) is 0 Å². The fraction of sp³-hybridized carbons (Fsp3) is 0.706. The van der Waals surface area contributed by atoms with Gasteiger partial charge in [-0.25, -0.2) is 9.78 Å². The van der Waals surface area contributed by atoms with E-state index in [1.54, 1.807) is 6.92 Å². The lowest BCUT2D eigenvalue weighted by atomic mass is 9.89. The Hall–Kier alpha value is -1.33. The van der Waals surface area contributed by atoms with Crippen LogP contribution in [0.1, 0.15) is 52.9 Å². The topological polar surface area (TPSA) is 65.0 Å². The summed E-state index contributed by atoms with van der Waals surface area (Å²) in [6.07, 6.45) is 7.72. The van der Waals surface area contributed by atoms with Crippen molar-refractivity contribution in [3.05, 3.63) is 24.5 Å². The van der Waals surface area contributed by atoms with E-state index in [0.29, 0.717) is 12.8 Å². The Labute approximate surface area is 131 Å².